The van der Waals surface area contributed by atoms with Gasteiger partial charge in [0.15, 0.2) is 0 Å². The number of hydrogen-bond donors (Lipinski definition) is 2. The fourth-order valence-electron chi connectivity index (χ4n) is 9.70. The molecule has 0 spiro atoms. The molecule has 0 bridgehead atoms. The molecule has 0 unspecified atom stereocenters. The third-order valence-electron chi connectivity index (χ3n) is 13.2. The predicted octanol–water partition coefficient (Wildman–Crippen LogP) is 18.9. The van der Waals surface area contributed by atoms with Crippen LogP contribution in [0.3, 0.4) is 0 Å². The van der Waals surface area contributed by atoms with Gasteiger partial charge in [-0.3, -0.25) is 0 Å². The van der Waals surface area contributed by atoms with Crippen LogP contribution in [-0.2, 0) is 12.8 Å². The van der Waals surface area contributed by atoms with Crippen LogP contribution in [0.4, 0.5) is 22.7 Å². The van der Waals surface area contributed by atoms with E-state index in [-0.39, 0.29) is 0 Å². The molecule has 0 aromatic heterocycles. The van der Waals surface area contributed by atoms with Crippen molar-refractivity contribution in [3.05, 3.63) is 180 Å². The number of anilines is 4. The Balaban J connectivity index is 0.990. The van der Waals surface area contributed by atoms with Crippen LogP contribution in [0.25, 0.3) is 54.9 Å². The first kappa shape index (κ1) is 44.5. The quantitative estimate of drug-likeness (QED) is 0.0705. The molecular formula is C62H68N2. The van der Waals surface area contributed by atoms with E-state index in [1.54, 1.807) is 0 Å². The molecule has 0 radical (unpaired) electrons. The van der Waals surface area contributed by atoms with E-state index in [2.05, 4.69) is 196 Å². The molecule has 8 rings (SSSR count). The zero-order valence-corrected chi connectivity index (χ0v) is 38.9. The lowest BCUT2D eigenvalue weighted by molar-refractivity contribution is 0.607. The molecule has 2 N–H and O–H groups in total. The predicted molar refractivity (Wildman–Crippen MR) is 281 cm³/mol. The number of fused-ring (bicyclic) bond motifs is 2. The molecule has 8 aromatic carbocycles. The summed E-state index contributed by atoms with van der Waals surface area (Å²) >= 11 is 0. The van der Waals surface area contributed by atoms with Gasteiger partial charge in [-0.2, -0.15) is 0 Å². The minimum atomic E-state index is 1.10. The monoisotopic (exact) mass is 841 g/mol. The third-order valence-corrected chi connectivity index (χ3v) is 13.2. The average molecular weight is 841 g/mol. The average Bonchev–Trinajstić information content (AvgIpc) is 3.33. The first-order chi connectivity index (χ1) is 31.5. The molecule has 0 aliphatic heterocycles. The highest BCUT2D eigenvalue weighted by Gasteiger charge is 2.19. The Morgan fingerprint density at radius 1 is 0.328 bits per heavy atom. The van der Waals surface area contributed by atoms with Gasteiger partial charge in [0.1, 0.15) is 0 Å². The van der Waals surface area contributed by atoms with E-state index in [4.69, 9.17) is 0 Å². The van der Waals surface area contributed by atoms with E-state index >= 15 is 0 Å². The molecule has 0 amide bonds. The highest BCUT2D eigenvalue weighted by atomic mass is 14.9. The van der Waals surface area contributed by atoms with E-state index in [0.717, 1.165) is 35.6 Å². The molecule has 8 aromatic rings. The Hall–Kier alpha value is -6.12. The van der Waals surface area contributed by atoms with Gasteiger partial charge in [-0.15, -0.1) is 0 Å². The number of aryl methyl sites for hydroxylation is 4. The summed E-state index contributed by atoms with van der Waals surface area (Å²) < 4.78 is 0. The van der Waals surface area contributed by atoms with Gasteiger partial charge in [-0.1, -0.05) is 187 Å². The zero-order valence-electron chi connectivity index (χ0n) is 38.9. The molecule has 2 heteroatoms. The summed E-state index contributed by atoms with van der Waals surface area (Å²) in [5.74, 6) is 0. The van der Waals surface area contributed by atoms with Gasteiger partial charge < -0.3 is 10.6 Å². The smallest absolute Gasteiger partial charge is 0.0384 e. The second-order valence-electron chi connectivity index (χ2n) is 18.2. The lowest BCUT2D eigenvalue weighted by Gasteiger charge is -2.21. The second kappa shape index (κ2) is 22.0. The SMILES string of the molecule is CCCCCCCCc1ccc(Nc2ccc(-c3cc(C)c(-c4c(C)cc(-c5ccc(Nc6ccc(CCCCCCCC)cc6)cc5)c5ccccc45)c4ccccc34)cc2)cc1. The van der Waals surface area contributed by atoms with Crippen molar-refractivity contribution in [2.75, 3.05) is 10.6 Å². The number of nitrogens with one attached hydrogen (secondary N) is 2. The van der Waals surface area contributed by atoms with Gasteiger partial charge in [0.2, 0.25) is 0 Å². The molecule has 2 nitrogen and oxygen atoms in total. The van der Waals surface area contributed by atoms with Crippen molar-refractivity contribution >= 4 is 44.3 Å². The van der Waals surface area contributed by atoms with Gasteiger partial charge >= 0.3 is 0 Å². The van der Waals surface area contributed by atoms with E-state index in [1.165, 1.54) is 154 Å². The van der Waals surface area contributed by atoms with Gasteiger partial charge in [-0.05, 0) is 165 Å². The number of rotatable bonds is 21. The van der Waals surface area contributed by atoms with Crippen LogP contribution in [0.2, 0.25) is 0 Å². The van der Waals surface area contributed by atoms with Gasteiger partial charge in [0.25, 0.3) is 0 Å². The molecule has 0 atom stereocenters. The summed E-state index contributed by atoms with van der Waals surface area (Å²) in [4.78, 5) is 0. The van der Waals surface area contributed by atoms with E-state index in [0.29, 0.717) is 0 Å². The maximum Gasteiger partial charge on any atom is 0.0384 e. The van der Waals surface area contributed by atoms with Crippen LogP contribution in [0, 0.1) is 13.8 Å². The van der Waals surface area contributed by atoms with E-state index in [9.17, 15) is 0 Å². The molecule has 0 heterocycles. The first-order valence-electron chi connectivity index (χ1n) is 24.5. The Morgan fingerprint density at radius 3 is 1.00 bits per heavy atom. The maximum atomic E-state index is 3.64. The lowest BCUT2D eigenvalue weighted by Crippen LogP contribution is -1.96. The van der Waals surface area contributed by atoms with Crippen molar-refractivity contribution in [2.45, 2.75) is 118 Å². The van der Waals surface area contributed by atoms with Crippen LogP contribution in [0.1, 0.15) is 113 Å². The number of unbranched alkanes of at least 4 members (excludes halogenated alkanes) is 10. The summed E-state index contributed by atoms with van der Waals surface area (Å²) in [5.41, 5.74) is 17.5. The van der Waals surface area contributed by atoms with Crippen LogP contribution in [-0.4, -0.2) is 0 Å². The Bertz CT molecular complexity index is 2530. The Morgan fingerprint density at radius 2 is 0.641 bits per heavy atom. The molecular weight excluding hydrogens is 773 g/mol. The maximum absolute atomic E-state index is 3.64. The minimum Gasteiger partial charge on any atom is -0.356 e. The van der Waals surface area contributed by atoms with Crippen molar-refractivity contribution in [2.24, 2.45) is 0 Å². The molecule has 0 aliphatic carbocycles. The molecule has 0 aliphatic rings. The van der Waals surface area contributed by atoms with E-state index in [1.807, 2.05) is 0 Å². The summed E-state index contributed by atoms with van der Waals surface area (Å²) in [6.07, 6.45) is 18.3. The molecule has 0 fully saturated rings. The van der Waals surface area contributed by atoms with Crippen molar-refractivity contribution in [1.29, 1.82) is 0 Å². The minimum absolute atomic E-state index is 1.10. The number of hydrogen-bond acceptors (Lipinski definition) is 2. The molecule has 64 heavy (non-hydrogen) atoms. The first-order valence-corrected chi connectivity index (χ1v) is 24.5. The van der Waals surface area contributed by atoms with Gasteiger partial charge in [0, 0.05) is 22.7 Å². The third kappa shape index (κ3) is 11.0. The highest BCUT2D eigenvalue weighted by molar-refractivity contribution is 6.14. The molecule has 326 valence electrons. The molecule has 0 saturated heterocycles. The lowest BCUT2D eigenvalue weighted by atomic mass is 9.83. The second-order valence-corrected chi connectivity index (χ2v) is 18.2. The topological polar surface area (TPSA) is 24.1 Å². The fourth-order valence-corrected chi connectivity index (χ4v) is 9.70. The molecule has 0 saturated carbocycles. The fraction of sp³-hybridized carbons (Fsp3) is 0.290. The van der Waals surface area contributed by atoms with Crippen molar-refractivity contribution in [1.82, 2.24) is 0 Å². The van der Waals surface area contributed by atoms with Crippen molar-refractivity contribution in [3.8, 4) is 33.4 Å². The summed E-state index contributed by atoms with van der Waals surface area (Å²) in [6.45, 7) is 9.13. The van der Waals surface area contributed by atoms with Crippen LogP contribution in [0.5, 0.6) is 0 Å². The Labute approximate surface area is 384 Å². The van der Waals surface area contributed by atoms with Crippen molar-refractivity contribution < 1.29 is 0 Å². The summed E-state index contributed by atoms with van der Waals surface area (Å²) in [5, 5.41) is 12.4. The normalized spacial score (nSPS) is 11.4. The van der Waals surface area contributed by atoms with Crippen LogP contribution in [0.15, 0.2) is 158 Å². The highest BCUT2D eigenvalue weighted by Crippen LogP contribution is 2.45. The zero-order chi connectivity index (χ0) is 44.1. The van der Waals surface area contributed by atoms with Crippen LogP contribution < -0.4 is 10.6 Å². The number of benzene rings is 8. The van der Waals surface area contributed by atoms with E-state index < -0.39 is 0 Å². The Kier molecular flexibility index (Phi) is 15.3. The summed E-state index contributed by atoms with van der Waals surface area (Å²) in [7, 11) is 0. The van der Waals surface area contributed by atoms with Gasteiger partial charge in [-0.25, -0.2) is 0 Å². The van der Waals surface area contributed by atoms with Gasteiger partial charge in [0.05, 0.1) is 0 Å². The van der Waals surface area contributed by atoms with Crippen molar-refractivity contribution in [3.63, 3.8) is 0 Å². The largest absolute Gasteiger partial charge is 0.356 e. The summed E-state index contributed by atoms with van der Waals surface area (Å²) in [6, 6.07) is 58.7. The standard InChI is InChI=1S/C62H68N2/c1-5-7-9-11-13-15-21-47-27-35-51(36-28-47)63-53-39-31-49(32-40-53)59-43-45(3)61(57-25-19-17-23-55(57)59)62-46(4)44-60(56-24-18-20-26-58(56)62)50-33-41-54(42-34-50)64-52-37-29-48(30-38-52)22-16-14-12-10-8-6-2/h17-20,23-44,63-64H,5-16,21-22H2,1-4H3. The van der Waals surface area contributed by atoms with Crippen LogP contribution >= 0.6 is 0 Å².